The molecule has 162 valence electrons. The van der Waals surface area contributed by atoms with Gasteiger partial charge in [0.1, 0.15) is 17.5 Å². The molecule has 0 spiro atoms. The third-order valence-electron chi connectivity index (χ3n) is 4.50. The van der Waals surface area contributed by atoms with E-state index in [1.807, 2.05) is 13.8 Å². The van der Waals surface area contributed by atoms with E-state index in [2.05, 4.69) is 5.32 Å². The van der Waals surface area contributed by atoms with Crippen LogP contribution in [-0.2, 0) is 16.1 Å². The van der Waals surface area contributed by atoms with Crippen LogP contribution >= 0.6 is 23.2 Å². The maximum absolute atomic E-state index is 13.0. The number of benzene rings is 2. The molecule has 2 aromatic carbocycles. The third kappa shape index (κ3) is 6.54. The number of carbonyl (C=O) groups is 2. The van der Waals surface area contributed by atoms with Crippen molar-refractivity contribution in [2.24, 2.45) is 0 Å². The zero-order chi connectivity index (χ0) is 22.1. The molecule has 0 aliphatic carbocycles. The molecule has 2 amide bonds. The fraction of sp³-hybridized carbons (Fsp3) is 0.364. The molecule has 0 unspecified atom stereocenters. The van der Waals surface area contributed by atoms with Crippen molar-refractivity contribution in [3.63, 3.8) is 0 Å². The summed E-state index contributed by atoms with van der Waals surface area (Å²) in [7, 11) is 1.58. The summed E-state index contributed by atoms with van der Waals surface area (Å²) in [6.07, 6.45) is 0.460. The molecule has 6 nitrogen and oxygen atoms in total. The van der Waals surface area contributed by atoms with Crippen LogP contribution < -0.4 is 14.8 Å². The van der Waals surface area contributed by atoms with E-state index in [0.717, 1.165) is 5.56 Å². The molecule has 8 heteroatoms. The molecule has 0 fully saturated rings. The van der Waals surface area contributed by atoms with Crippen molar-refractivity contribution in [2.75, 3.05) is 20.3 Å². The fourth-order valence-electron chi connectivity index (χ4n) is 2.95. The summed E-state index contributed by atoms with van der Waals surface area (Å²) in [4.78, 5) is 27.1. The second kappa shape index (κ2) is 11.7. The van der Waals surface area contributed by atoms with Gasteiger partial charge in [0.05, 0.1) is 17.2 Å². The van der Waals surface area contributed by atoms with E-state index >= 15 is 0 Å². The fourth-order valence-corrected chi connectivity index (χ4v) is 3.27. The van der Waals surface area contributed by atoms with Gasteiger partial charge in [-0.2, -0.15) is 0 Å². The van der Waals surface area contributed by atoms with Crippen LogP contribution in [0.15, 0.2) is 42.5 Å². The normalized spacial score (nSPS) is 11.5. The number of likely N-dealkylation sites (N-methyl/N-ethyl adjacent to an activating group) is 1. The highest BCUT2D eigenvalue weighted by Crippen LogP contribution is 2.24. The largest absolute Gasteiger partial charge is 0.497 e. The van der Waals surface area contributed by atoms with Gasteiger partial charge in [-0.05, 0) is 55.3 Å². The van der Waals surface area contributed by atoms with Gasteiger partial charge in [0.25, 0.3) is 5.91 Å². The third-order valence-corrected chi connectivity index (χ3v) is 5.23. The lowest BCUT2D eigenvalue weighted by Crippen LogP contribution is -2.50. The maximum Gasteiger partial charge on any atom is 0.261 e. The average molecular weight is 453 g/mol. The Morgan fingerprint density at radius 3 is 2.27 bits per heavy atom. The summed E-state index contributed by atoms with van der Waals surface area (Å²) < 4.78 is 10.8. The molecule has 0 bridgehead atoms. The maximum atomic E-state index is 13.0. The number of carbonyl (C=O) groups excluding carboxylic acids is 2. The monoisotopic (exact) mass is 452 g/mol. The minimum absolute atomic E-state index is 0.205. The molecule has 0 aliphatic rings. The van der Waals surface area contributed by atoms with Gasteiger partial charge in [0, 0.05) is 13.1 Å². The summed E-state index contributed by atoms with van der Waals surface area (Å²) in [5.41, 5.74) is 0.768. The van der Waals surface area contributed by atoms with Crippen molar-refractivity contribution in [1.29, 1.82) is 0 Å². The minimum atomic E-state index is -0.633. The van der Waals surface area contributed by atoms with E-state index in [0.29, 0.717) is 34.5 Å². The zero-order valence-corrected chi connectivity index (χ0v) is 18.8. The smallest absolute Gasteiger partial charge is 0.261 e. The second-order valence-electron chi connectivity index (χ2n) is 6.55. The van der Waals surface area contributed by atoms with E-state index in [9.17, 15) is 9.59 Å². The number of nitrogens with one attached hydrogen (secondary N) is 1. The minimum Gasteiger partial charge on any atom is -0.497 e. The number of amides is 2. The summed E-state index contributed by atoms with van der Waals surface area (Å²) >= 11 is 12.1. The van der Waals surface area contributed by atoms with Gasteiger partial charge in [-0.15, -0.1) is 0 Å². The van der Waals surface area contributed by atoms with Gasteiger partial charge in [-0.1, -0.05) is 36.2 Å². The van der Waals surface area contributed by atoms with Gasteiger partial charge in [0.2, 0.25) is 5.91 Å². The van der Waals surface area contributed by atoms with Crippen molar-refractivity contribution in [2.45, 2.75) is 32.9 Å². The first-order chi connectivity index (χ1) is 14.4. The summed E-state index contributed by atoms with van der Waals surface area (Å²) in [5, 5.41) is 3.61. The lowest BCUT2D eigenvalue weighted by molar-refractivity contribution is -0.142. The predicted octanol–water partition coefficient (Wildman–Crippen LogP) is 4.32. The van der Waals surface area contributed by atoms with E-state index in [1.165, 1.54) is 4.90 Å². The van der Waals surface area contributed by atoms with Crippen molar-refractivity contribution in [1.82, 2.24) is 10.2 Å². The van der Waals surface area contributed by atoms with Crippen LogP contribution in [0.1, 0.15) is 25.8 Å². The van der Waals surface area contributed by atoms with Crippen LogP contribution in [0.4, 0.5) is 0 Å². The molecule has 1 N–H and O–H groups in total. The Labute approximate surface area is 187 Å². The van der Waals surface area contributed by atoms with E-state index in [-0.39, 0.29) is 25.0 Å². The molecular formula is C22H26Cl2N2O4. The van der Waals surface area contributed by atoms with E-state index in [1.54, 1.807) is 49.6 Å². The van der Waals surface area contributed by atoms with Crippen molar-refractivity contribution < 1.29 is 19.1 Å². The van der Waals surface area contributed by atoms with Gasteiger partial charge >= 0.3 is 0 Å². The van der Waals surface area contributed by atoms with Crippen LogP contribution in [0.25, 0.3) is 0 Å². The highest BCUT2D eigenvalue weighted by molar-refractivity contribution is 6.42. The Hall–Kier alpha value is -2.44. The zero-order valence-electron chi connectivity index (χ0n) is 17.3. The van der Waals surface area contributed by atoms with Gasteiger partial charge in [0.15, 0.2) is 6.61 Å². The summed E-state index contributed by atoms with van der Waals surface area (Å²) in [5.74, 6) is 0.703. The first-order valence-electron chi connectivity index (χ1n) is 9.67. The Morgan fingerprint density at radius 2 is 1.70 bits per heavy atom. The molecule has 0 radical (unpaired) electrons. The van der Waals surface area contributed by atoms with Gasteiger partial charge in [-0.3, -0.25) is 9.59 Å². The molecule has 30 heavy (non-hydrogen) atoms. The molecular weight excluding hydrogens is 427 g/mol. The van der Waals surface area contributed by atoms with Crippen LogP contribution in [-0.4, -0.2) is 43.0 Å². The first kappa shape index (κ1) is 23.8. The lowest BCUT2D eigenvalue weighted by Gasteiger charge is -2.30. The van der Waals surface area contributed by atoms with Crippen molar-refractivity contribution in [3.05, 3.63) is 58.1 Å². The molecule has 0 heterocycles. The Kier molecular flexibility index (Phi) is 9.27. The average Bonchev–Trinajstić information content (AvgIpc) is 2.75. The topological polar surface area (TPSA) is 67.9 Å². The molecule has 2 rings (SSSR count). The number of ether oxygens (including phenoxy) is 2. The highest BCUT2D eigenvalue weighted by atomic mass is 35.5. The summed E-state index contributed by atoms with van der Waals surface area (Å²) in [6.45, 7) is 4.18. The molecule has 0 aromatic heterocycles. The molecule has 1 atom stereocenters. The van der Waals surface area contributed by atoms with Crippen molar-refractivity contribution >= 4 is 35.0 Å². The van der Waals surface area contributed by atoms with Crippen LogP contribution in [0.5, 0.6) is 11.5 Å². The number of methoxy groups -OCH3 is 1. The number of rotatable bonds is 10. The molecule has 2 aromatic rings. The first-order valence-corrected chi connectivity index (χ1v) is 10.4. The summed E-state index contributed by atoms with van der Waals surface area (Å²) in [6, 6.07) is 11.4. The highest BCUT2D eigenvalue weighted by Gasteiger charge is 2.28. The molecule has 0 saturated carbocycles. The quantitative estimate of drug-likeness (QED) is 0.582. The van der Waals surface area contributed by atoms with Gasteiger partial charge in [-0.25, -0.2) is 0 Å². The Balaban J connectivity index is 2.19. The SMILES string of the molecule is CCNC(=O)[C@@H](CC)N(Cc1ccc(Cl)c(Cl)c1)C(=O)COc1ccc(OC)cc1. The second-order valence-corrected chi connectivity index (χ2v) is 7.37. The van der Waals surface area contributed by atoms with Crippen LogP contribution in [0.3, 0.4) is 0 Å². The van der Waals surface area contributed by atoms with E-state index in [4.69, 9.17) is 32.7 Å². The number of halogens is 2. The predicted molar refractivity (Wildman–Crippen MR) is 118 cm³/mol. The van der Waals surface area contributed by atoms with E-state index < -0.39 is 6.04 Å². The van der Waals surface area contributed by atoms with Crippen molar-refractivity contribution in [3.8, 4) is 11.5 Å². The number of hydrogen-bond donors (Lipinski definition) is 1. The lowest BCUT2D eigenvalue weighted by atomic mass is 10.1. The Morgan fingerprint density at radius 1 is 1.03 bits per heavy atom. The Bertz CT molecular complexity index is 859. The molecule has 0 saturated heterocycles. The molecule has 0 aliphatic heterocycles. The van der Waals surface area contributed by atoms with Crippen LogP contribution in [0.2, 0.25) is 10.0 Å². The van der Waals surface area contributed by atoms with Gasteiger partial charge < -0.3 is 19.7 Å². The number of hydrogen-bond acceptors (Lipinski definition) is 4. The van der Waals surface area contributed by atoms with Crippen LogP contribution in [0, 0.1) is 0 Å². The standard InChI is InChI=1S/C22H26Cl2N2O4/c1-4-20(22(28)25-5-2)26(13-15-6-11-18(23)19(24)12-15)21(27)14-30-17-9-7-16(29-3)8-10-17/h6-12,20H,4-5,13-14H2,1-3H3,(H,25,28)/t20-/m1/s1. The number of nitrogens with zero attached hydrogens (tertiary/aromatic N) is 1.